The molecular formula is C12H12Cl4N6O. The Balaban J connectivity index is 2.37. The van der Waals surface area contributed by atoms with Crippen molar-refractivity contribution in [3.8, 4) is 0 Å². The maximum Gasteiger partial charge on any atom is 0.227 e. The largest absolute Gasteiger partial charge is 0.354 e. The van der Waals surface area contributed by atoms with Gasteiger partial charge < -0.3 is 4.74 Å². The van der Waals surface area contributed by atoms with E-state index in [0.29, 0.717) is 0 Å². The quantitative estimate of drug-likeness (QED) is 0.773. The van der Waals surface area contributed by atoms with E-state index < -0.39 is 11.2 Å². The molecule has 0 saturated heterocycles. The van der Waals surface area contributed by atoms with Gasteiger partial charge in [-0.2, -0.15) is 29.9 Å². The molecule has 0 spiro atoms. The van der Waals surface area contributed by atoms with E-state index in [-0.39, 0.29) is 32.8 Å². The highest BCUT2D eigenvalue weighted by atomic mass is 35.5. The summed E-state index contributed by atoms with van der Waals surface area (Å²) in [6.45, 7) is 7.00. The number of halogens is 4. The molecular weight excluding hydrogens is 386 g/mol. The molecule has 124 valence electrons. The van der Waals surface area contributed by atoms with Crippen molar-refractivity contribution < 1.29 is 4.74 Å². The summed E-state index contributed by atoms with van der Waals surface area (Å²) in [5, 5.41) is -0.108. The standard InChI is InChI=1S/C12H12Cl4N6O/c1-11(2,5-17-7(13)21-8(14)18-5)23-12(3,4)6-19-9(15)22-10(16)20-6/h1-4H3. The minimum Gasteiger partial charge on any atom is -0.354 e. The molecule has 0 aliphatic carbocycles. The van der Waals surface area contributed by atoms with E-state index in [0.717, 1.165) is 0 Å². The average Bonchev–Trinajstić information content (AvgIpc) is 2.35. The summed E-state index contributed by atoms with van der Waals surface area (Å²) in [4.78, 5) is 23.6. The van der Waals surface area contributed by atoms with Gasteiger partial charge in [0.15, 0.2) is 11.6 Å². The van der Waals surface area contributed by atoms with Crippen LogP contribution in [0.15, 0.2) is 0 Å². The number of ether oxygens (including phenoxy) is 1. The van der Waals surface area contributed by atoms with Gasteiger partial charge in [-0.15, -0.1) is 0 Å². The fraction of sp³-hybridized carbons (Fsp3) is 0.500. The van der Waals surface area contributed by atoms with E-state index in [1.165, 1.54) is 0 Å². The van der Waals surface area contributed by atoms with Crippen LogP contribution in [0, 0.1) is 0 Å². The Kier molecular flexibility index (Phi) is 5.27. The van der Waals surface area contributed by atoms with Crippen LogP contribution in [0.25, 0.3) is 0 Å². The lowest BCUT2D eigenvalue weighted by atomic mass is 10.0. The average molecular weight is 398 g/mol. The lowest BCUT2D eigenvalue weighted by molar-refractivity contribution is -0.140. The number of hydrogen-bond acceptors (Lipinski definition) is 7. The number of hydrogen-bond donors (Lipinski definition) is 0. The van der Waals surface area contributed by atoms with E-state index in [4.69, 9.17) is 51.1 Å². The van der Waals surface area contributed by atoms with Crippen molar-refractivity contribution in [3.05, 3.63) is 32.8 Å². The lowest BCUT2D eigenvalue weighted by Crippen LogP contribution is -2.36. The van der Waals surface area contributed by atoms with Gasteiger partial charge in [-0.05, 0) is 74.1 Å². The molecule has 0 N–H and O–H groups in total. The molecule has 11 heteroatoms. The fourth-order valence-corrected chi connectivity index (χ4v) is 2.65. The summed E-state index contributed by atoms with van der Waals surface area (Å²) in [5.41, 5.74) is -1.93. The van der Waals surface area contributed by atoms with Crippen LogP contribution in [-0.2, 0) is 15.9 Å². The second-order valence-electron chi connectivity index (χ2n) is 5.52. The van der Waals surface area contributed by atoms with Gasteiger partial charge in [-0.1, -0.05) is 0 Å². The normalized spacial score (nSPS) is 12.5. The first-order valence-corrected chi connectivity index (χ1v) is 7.86. The number of aromatic nitrogens is 6. The fourth-order valence-electron chi connectivity index (χ4n) is 1.92. The highest BCUT2D eigenvalue weighted by molar-refractivity contribution is 6.31. The molecule has 2 aromatic rings. The molecule has 0 radical (unpaired) electrons. The van der Waals surface area contributed by atoms with Crippen molar-refractivity contribution in [2.24, 2.45) is 0 Å². The SMILES string of the molecule is CC(C)(OC(C)(C)c1nc(Cl)nc(Cl)n1)c1nc(Cl)nc(Cl)n1. The zero-order chi connectivity index (χ0) is 17.4. The lowest BCUT2D eigenvalue weighted by Gasteiger charge is -2.33. The zero-order valence-corrected chi connectivity index (χ0v) is 15.6. The predicted octanol–water partition coefficient (Wildman–Crippen LogP) is 3.86. The molecule has 2 heterocycles. The second-order valence-corrected chi connectivity index (χ2v) is 6.87. The van der Waals surface area contributed by atoms with E-state index >= 15 is 0 Å². The molecule has 0 aliphatic rings. The predicted molar refractivity (Wildman–Crippen MR) is 86.8 cm³/mol. The highest BCUT2D eigenvalue weighted by Crippen LogP contribution is 2.34. The van der Waals surface area contributed by atoms with Gasteiger partial charge in [0.05, 0.1) is 0 Å². The van der Waals surface area contributed by atoms with Crippen LogP contribution in [0.5, 0.6) is 0 Å². The van der Waals surface area contributed by atoms with Crippen molar-refractivity contribution in [3.63, 3.8) is 0 Å². The highest BCUT2D eigenvalue weighted by Gasteiger charge is 2.37. The molecule has 0 fully saturated rings. The molecule has 0 saturated carbocycles. The van der Waals surface area contributed by atoms with E-state index in [1.807, 2.05) is 0 Å². The van der Waals surface area contributed by atoms with Crippen LogP contribution in [0.1, 0.15) is 39.3 Å². The van der Waals surface area contributed by atoms with Crippen LogP contribution in [0.4, 0.5) is 0 Å². The van der Waals surface area contributed by atoms with E-state index in [2.05, 4.69) is 29.9 Å². The van der Waals surface area contributed by atoms with Gasteiger partial charge in [0.25, 0.3) is 0 Å². The van der Waals surface area contributed by atoms with Crippen molar-refractivity contribution >= 4 is 46.4 Å². The maximum absolute atomic E-state index is 6.08. The number of nitrogens with zero attached hydrogens (tertiary/aromatic N) is 6. The van der Waals surface area contributed by atoms with Crippen LogP contribution in [-0.4, -0.2) is 29.9 Å². The van der Waals surface area contributed by atoms with Gasteiger partial charge >= 0.3 is 0 Å². The molecule has 0 aromatic carbocycles. The Bertz CT molecular complexity index is 637. The summed E-state index contributed by atoms with van der Waals surface area (Å²) in [5.74, 6) is 0.531. The van der Waals surface area contributed by atoms with Crippen LogP contribution < -0.4 is 0 Å². The maximum atomic E-state index is 6.08. The molecule has 23 heavy (non-hydrogen) atoms. The third-order valence-corrected chi connectivity index (χ3v) is 3.43. The van der Waals surface area contributed by atoms with Gasteiger partial charge in [-0.25, -0.2) is 0 Å². The summed E-state index contributed by atoms with van der Waals surface area (Å²) >= 11 is 23.3. The Hall–Kier alpha value is -0.860. The first-order valence-electron chi connectivity index (χ1n) is 6.35. The molecule has 2 rings (SSSR count). The molecule has 2 aromatic heterocycles. The summed E-state index contributed by atoms with van der Waals surface area (Å²) in [7, 11) is 0. The molecule has 0 unspecified atom stereocenters. The third-order valence-electron chi connectivity index (χ3n) is 2.75. The van der Waals surface area contributed by atoms with Crippen molar-refractivity contribution in [1.82, 2.24) is 29.9 Å². The third kappa shape index (κ3) is 4.58. The first-order chi connectivity index (χ1) is 10.5. The summed E-state index contributed by atoms with van der Waals surface area (Å²) in [6, 6.07) is 0. The Morgan fingerprint density at radius 3 is 1.09 bits per heavy atom. The summed E-state index contributed by atoms with van der Waals surface area (Å²) < 4.78 is 6.08. The molecule has 0 amide bonds. The van der Waals surface area contributed by atoms with Gasteiger partial charge in [0.1, 0.15) is 11.2 Å². The van der Waals surface area contributed by atoms with Crippen LogP contribution >= 0.6 is 46.4 Å². The van der Waals surface area contributed by atoms with Crippen molar-refractivity contribution in [2.75, 3.05) is 0 Å². The minimum absolute atomic E-state index is 0.0271. The Morgan fingerprint density at radius 2 is 0.826 bits per heavy atom. The van der Waals surface area contributed by atoms with Crippen molar-refractivity contribution in [2.45, 2.75) is 38.9 Å². The second kappa shape index (κ2) is 6.57. The molecule has 0 aliphatic heterocycles. The summed E-state index contributed by atoms with van der Waals surface area (Å²) in [6.07, 6.45) is 0. The molecule has 0 atom stereocenters. The Morgan fingerprint density at radius 1 is 0.565 bits per heavy atom. The van der Waals surface area contributed by atoms with Crippen molar-refractivity contribution in [1.29, 1.82) is 0 Å². The van der Waals surface area contributed by atoms with Gasteiger partial charge in [-0.3, -0.25) is 0 Å². The van der Waals surface area contributed by atoms with Gasteiger partial charge in [0.2, 0.25) is 21.1 Å². The van der Waals surface area contributed by atoms with Crippen LogP contribution in [0.3, 0.4) is 0 Å². The smallest absolute Gasteiger partial charge is 0.227 e. The zero-order valence-electron chi connectivity index (χ0n) is 12.6. The van der Waals surface area contributed by atoms with E-state index in [1.54, 1.807) is 27.7 Å². The van der Waals surface area contributed by atoms with Gasteiger partial charge in [0, 0.05) is 0 Å². The monoisotopic (exact) mass is 396 g/mol. The minimum atomic E-state index is -0.967. The topological polar surface area (TPSA) is 86.6 Å². The Labute approximate surface area is 152 Å². The number of rotatable bonds is 4. The van der Waals surface area contributed by atoms with Crippen LogP contribution in [0.2, 0.25) is 21.1 Å². The first kappa shape index (κ1) is 18.5. The molecule has 0 bridgehead atoms. The molecule has 7 nitrogen and oxygen atoms in total. The van der Waals surface area contributed by atoms with E-state index in [9.17, 15) is 0 Å².